The topological polar surface area (TPSA) is 121 Å². The number of hydrogen-bond acceptors (Lipinski definition) is 6. The number of carbonyl (C=O) groups excluding carboxylic acids is 1. The Balaban J connectivity index is 1.18. The van der Waals surface area contributed by atoms with Crippen LogP contribution in [0.3, 0.4) is 0 Å². The van der Waals surface area contributed by atoms with Gasteiger partial charge in [0.25, 0.3) is 0 Å². The summed E-state index contributed by atoms with van der Waals surface area (Å²) >= 11 is 0. The molecule has 5 N–H and O–H groups in total. The molecule has 6 rings (SSSR count). The molecule has 3 heterocycles. The van der Waals surface area contributed by atoms with Crippen LogP contribution in [0.1, 0.15) is 42.9 Å². The summed E-state index contributed by atoms with van der Waals surface area (Å²) in [5.41, 5.74) is 6.94. The van der Waals surface area contributed by atoms with Crippen molar-refractivity contribution < 1.29 is 27.5 Å². The Morgan fingerprint density at radius 1 is 1.05 bits per heavy atom. The van der Waals surface area contributed by atoms with E-state index in [2.05, 4.69) is 20.6 Å². The van der Waals surface area contributed by atoms with E-state index in [1.807, 2.05) is 15.7 Å². The number of nitrogens with one attached hydrogen (secondary N) is 2. The minimum absolute atomic E-state index is 0.0700. The van der Waals surface area contributed by atoms with E-state index in [1.165, 1.54) is 30.6 Å². The quantitative estimate of drug-likeness (QED) is 0.214. The van der Waals surface area contributed by atoms with Crippen LogP contribution < -0.4 is 16.4 Å². The molecule has 1 aliphatic carbocycles. The number of amides is 2. The molecule has 2 fully saturated rings. The maximum Gasteiger partial charge on any atom is 0.416 e. The molecule has 9 nitrogen and oxygen atoms in total. The van der Waals surface area contributed by atoms with Gasteiger partial charge in [-0.2, -0.15) is 13.2 Å². The molecule has 0 bridgehead atoms. The third-order valence-corrected chi connectivity index (χ3v) is 7.73. The van der Waals surface area contributed by atoms with Crippen LogP contribution in [0.15, 0.2) is 48.9 Å². The average molecular weight is 584 g/mol. The smallest absolute Gasteiger partial charge is 0.393 e. The van der Waals surface area contributed by atoms with Gasteiger partial charge in [-0.05, 0) is 61.1 Å². The number of anilines is 3. The second-order valence-electron chi connectivity index (χ2n) is 10.8. The number of urea groups is 1. The first-order valence-corrected chi connectivity index (χ1v) is 13.7. The lowest BCUT2D eigenvalue weighted by Gasteiger charge is -2.30. The van der Waals surface area contributed by atoms with E-state index in [0.29, 0.717) is 54.1 Å². The first-order valence-electron chi connectivity index (χ1n) is 13.7. The van der Waals surface area contributed by atoms with Crippen molar-refractivity contribution in [2.75, 3.05) is 29.5 Å². The number of rotatable bonds is 6. The summed E-state index contributed by atoms with van der Waals surface area (Å²) in [4.78, 5) is 22.9. The zero-order valence-corrected chi connectivity index (χ0v) is 22.5. The molecule has 0 atom stereocenters. The Labute approximate surface area is 238 Å². The fourth-order valence-electron chi connectivity index (χ4n) is 5.40. The maximum atomic E-state index is 15.2. The van der Waals surface area contributed by atoms with E-state index >= 15 is 4.39 Å². The number of nitrogens with zero attached hydrogens (tertiary/aromatic N) is 4. The molecule has 2 aliphatic rings. The predicted molar refractivity (Wildman–Crippen MR) is 150 cm³/mol. The van der Waals surface area contributed by atoms with E-state index in [9.17, 15) is 23.1 Å². The van der Waals surface area contributed by atoms with E-state index in [4.69, 9.17) is 5.73 Å². The van der Waals surface area contributed by atoms with Crippen LogP contribution in [0.25, 0.3) is 22.2 Å². The van der Waals surface area contributed by atoms with Crippen molar-refractivity contribution in [3.05, 3.63) is 65.9 Å². The first kappa shape index (κ1) is 27.9. The molecule has 2 aromatic heterocycles. The van der Waals surface area contributed by atoms with Gasteiger partial charge in [-0.25, -0.2) is 19.2 Å². The number of alkyl halides is 3. The molecule has 1 saturated carbocycles. The number of nitrogen functional groups attached to an aromatic ring is 1. The van der Waals surface area contributed by atoms with E-state index < -0.39 is 29.7 Å². The summed E-state index contributed by atoms with van der Waals surface area (Å²) in [5, 5.41) is 15.0. The SMILES string of the molecule is Nc1ncnc2c1c(-c1ccc(NC(=O)Nc3ccc(CN4CCC(O)CC4)c(C(F)(F)F)c3)c(F)c1)cn2C1CC1. The van der Waals surface area contributed by atoms with Gasteiger partial charge in [-0.15, -0.1) is 0 Å². The van der Waals surface area contributed by atoms with Crippen LogP contribution in [0.4, 0.5) is 39.5 Å². The zero-order chi connectivity index (χ0) is 29.6. The maximum absolute atomic E-state index is 15.2. The van der Waals surface area contributed by atoms with Gasteiger partial charge in [0, 0.05) is 43.1 Å². The number of hydrogen-bond donors (Lipinski definition) is 4. The van der Waals surface area contributed by atoms with Crippen LogP contribution in [-0.2, 0) is 12.7 Å². The molecular weight excluding hydrogens is 554 g/mol. The number of fused-ring (bicyclic) bond motifs is 1. The number of aromatic nitrogens is 3. The number of aliphatic hydroxyl groups excluding tert-OH is 1. The Hall–Kier alpha value is -4.23. The zero-order valence-electron chi connectivity index (χ0n) is 22.5. The average Bonchev–Trinajstić information content (AvgIpc) is 3.71. The molecule has 2 amide bonds. The van der Waals surface area contributed by atoms with Crippen molar-refractivity contribution in [1.29, 1.82) is 0 Å². The minimum Gasteiger partial charge on any atom is -0.393 e. The van der Waals surface area contributed by atoms with Gasteiger partial charge < -0.3 is 26.0 Å². The van der Waals surface area contributed by atoms with Crippen LogP contribution >= 0.6 is 0 Å². The summed E-state index contributed by atoms with van der Waals surface area (Å²) in [6.45, 7) is 1.06. The molecule has 2 aromatic carbocycles. The van der Waals surface area contributed by atoms with Crippen LogP contribution in [0.2, 0.25) is 0 Å². The highest BCUT2D eigenvalue weighted by molar-refractivity contribution is 6.02. The molecule has 220 valence electrons. The van der Waals surface area contributed by atoms with Crippen molar-refractivity contribution in [3.8, 4) is 11.1 Å². The van der Waals surface area contributed by atoms with Gasteiger partial charge in [0.15, 0.2) is 0 Å². The van der Waals surface area contributed by atoms with E-state index in [1.54, 1.807) is 6.07 Å². The Morgan fingerprint density at radius 3 is 2.50 bits per heavy atom. The van der Waals surface area contributed by atoms with Crippen molar-refractivity contribution in [2.45, 2.75) is 50.6 Å². The fraction of sp³-hybridized carbons (Fsp3) is 0.345. The van der Waals surface area contributed by atoms with Gasteiger partial charge in [0.2, 0.25) is 0 Å². The highest BCUT2D eigenvalue weighted by atomic mass is 19.4. The Bertz CT molecular complexity index is 1640. The van der Waals surface area contributed by atoms with Crippen LogP contribution in [0, 0.1) is 5.82 Å². The second kappa shape index (κ2) is 10.9. The number of halogens is 4. The normalized spacial score (nSPS) is 16.6. The lowest BCUT2D eigenvalue weighted by atomic mass is 10.0. The van der Waals surface area contributed by atoms with Gasteiger partial charge in [0.05, 0.1) is 22.7 Å². The minimum atomic E-state index is -4.64. The molecule has 0 spiro atoms. The number of likely N-dealkylation sites (tertiary alicyclic amines) is 1. The molecule has 4 aromatic rings. The highest BCUT2D eigenvalue weighted by Gasteiger charge is 2.34. The first-order chi connectivity index (χ1) is 20.1. The van der Waals surface area contributed by atoms with Gasteiger partial charge in [-0.1, -0.05) is 12.1 Å². The lowest BCUT2D eigenvalue weighted by molar-refractivity contribution is -0.138. The van der Waals surface area contributed by atoms with Crippen LogP contribution in [-0.4, -0.2) is 49.8 Å². The number of benzene rings is 2. The predicted octanol–water partition coefficient (Wildman–Crippen LogP) is 5.77. The Kier molecular flexibility index (Phi) is 7.23. The molecule has 13 heteroatoms. The van der Waals surface area contributed by atoms with Crippen molar-refractivity contribution in [3.63, 3.8) is 0 Å². The molecule has 0 radical (unpaired) electrons. The third-order valence-electron chi connectivity index (χ3n) is 7.73. The molecular formula is C29H29F4N7O2. The molecule has 42 heavy (non-hydrogen) atoms. The summed E-state index contributed by atoms with van der Waals surface area (Å²) in [6, 6.07) is 7.24. The highest BCUT2D eigenvalue weighted by Crippen LogP contribution is 2.42. The number of piperidine rings is 1. The number of nitrogens with two attached hydrogens (primary N) is 1. The molecule has 1 aliphatic heterocycles. The second-order valence-corrected chi connectivity index (χ2v) is 10.8. The van der Waals surface area contributed by atoms with E-state index in [-0.39, 0.29) is 29.3 Å². The molecule has 1 saturated heterocycles. The van der Waals surface area contributed by atoms with Crippen molar-refractivity contribution in [1.82, 2.24) is 19.4 Å². The summed E-state index contributed by atoms with van der Waals surface area (Å²) < 4.78 is 58.8. The Morgan fingerprint density at radius 2 is 1.81 bits per heavy atom. The van der Waals surface area contributed by atoms with Crippen molar-refractivity contribution in [2.24, 2.45) is 0 Å². The van der Waals surface area contributed by atoms with Crippen LogP contribution in [0.5, 0.6) is 0 Å². The largest absolute Gasteiger partial charge is 0.416 e. The van der Waals surface area contributed by atoms with Gasteiger partial charge >= 0.3 is 12.2 Å². The van der Waals surface area contributed by atoms with E-state index in [0.717, 1.165) is 18.9 Å². The molecule has 0 unspecified atom stereocenters. The lowest BCUT2D eigenvalue weighted by Crippen LogP contribution is -2.35. The summed E-state index contributed by atoms with van der Waals surface area (Å²) in [5.74, 6) is -0.460. The monoisotopic (exact) mass is 583 g/mol. The summed E-state index contributed by atoms with van der Waals surface area (Å²) in [6.07, 6.45) is 1.22. The number of aliphatic hydroxyl groups is 1. The van der Waals surface area contributed by atoms with Gasteiger partial charge in [-0.3, -0.25) is 4.90 Å². The fourth-order valence-corrected chi connectivity index (χ4v) is 5.40. The summed E-state index contributed by atoms with van der Waals surface area (Å²) in [7, 11) is 0. The van der Waals surface area contributed by atoms with Crippen molar-refractivity contribution >= 4 is 34.3 Å². The number of carbonyl (C=O) groups is 1. The standard InChI is InChI=1S/C29H29F4N7O2/c30-23-11-16(21-14-40(19-4-5-19)27-25(21)26(34)35-15-36-27)2-6-24(23)38-28(42)37-18-3-1-17(22(12-18)29(31,32)33)13-39-9-7-20(41)8-10-39/h1-3,6,11-12,14-15,19-20,41H,4-5,7-10,13H2,(H2,34,35,36)(H2,37,38,42). The third kappa shape index (κ3) is 5.74. The van der Waals surface area contributed by atoms with Gasteiger partial charge in [0.1, 0.15) is 23.6 Å².